The van der Waals surface area contributed by atoms with Crippen LogP contribution in [0.1, 0.15) is 65.2 Å². The second-order valence-electron chi connectivity index (χ2n) is 9.28. The van der Waals surface area contributed by atoms with Gasteiger partial charge in [0.05, 0.1) is 12.2 Å². The van der Waals surface area contributed by atoms with Crippen molar-refractivity contribution >= 4 is 0 Å². The summed E-state index contributed by atoms with van der Waals surface area (Å²) in [5, 5.41) is 20.1. The summed E-state index contributed by atoms with van der Waals surface area (Å²) in [7, 11) is 0. The molecule has 3 unspecified atom stereocenters. The molecule has 2 nitrogen and oxygen atoms in total. The zero-order valence-electron chi connectivity index (χ0n) is 16.6. The van der Waals surface area contributed by atoms with Crippen molar-refractivity contribution < 1.29 is 19.0 Å². The van der Waals surface area contributed by atoms with Gasteiger partial charge in [-0.25, -0.2) is 8.78 Å². The molecule has 0 radical (unpaired) electrons. The minimum Gasteiger partial charge on any atom is -0.388 e. The fraction of sp³-hybridized carbons (Fsp3) is 0.739. The summed E-state index contributed by atoms with van der Waals surface area (Å²) in [6.45, 7) is 8.08. The number of aliphatic hydroxyl groups is 2. The van der Waals surface area contributed by atoms with Gasteiger partial charge in [-0.2, -0.15) is 0 Å². The van der Waals surface area contributed by atoms with Gasteiger partial charge in [-0.1, -0.05) is 43.7 Å². The number of rotatable bonds is 4. The first kappa shape index (κ1) is 20.7. The molecule has 0 bridgehead atoms. The highest BCUT2D eigenvalue weighted by Gasteiger charge is 2.50. The van der Waals surface area contributed by atoms with Gasteiger partial charge in [0, 0.05) is 6.42 Å². The lowest BCUT2D eigenvalue weighted by Gasteiger charge is -2.44. The van der Waals surface area contributed by atoms with E-state index in [2.05, 4.69) is 25.7 Å². The molecule has 3 saturated carbocycles. The van der Waals surface area contributed by atoms with E-state index in [0.29, 0.717) is 30.3 Å². The van der Waals surface area contributed by atoms with E-state index >= 15 is 0 Å². The molecule has 4 heteroatoms. The van der Waals surface area contributed by atoms with Crippen LogP contribution in [0.4, 0.5) is 8.78 Å². The van der Waals surface area contributed by atoms with Crippen LogP contribution in [-0.2, 0) is 0 Å². The van der Waals surface area contributed by atoms with Gasteiger partial charge in [0.1, 0.15) is 0 Å². The molecule has 3 aliphatic carbocycles. The van der Waals surface area contributed by atoms with Crippen LogP contribution in [0, 0.1) is 23.2 Å². The van der Waals surface area contributed by atoms with E-state index in [4.69, 9.17) is 0 Å². The number of hydrogen-bond acceptors (Lipinski definition) is 2. The lowest BCUT2D eigenvalue weighted by Crippen LogP contribution is -2.36. The maximum atomic E-state index is 12.9. The summed E-state index contributed by atoms with van der Waals surface area (Å²) in [4.78, 5) is 0. The molecule has 0 amide bonds. The third-order valence-corrected chi connectivity index (χ3v) is 7.57. The Morgan fingerprint density at radius 3 is 2.48 bits per heavy atom. The van der Waals surface area contributed by atoms with Gasteiger partial charge in [0.15, 0.2) is 0 Å². The molecule has 3 fully saturated rings. The van der Waals surface area contributed by atoms with Gasteiger partial charge in [0.25, 0.3) is 0 Å². The van der Waals surface area contributed by atoms with Crippen LogP contribution in [-0.4, -0.2) is 28.8 Å². The molecule has 0 aromatic heterocycles. The number of alkyl halides is 2. The third kappa shape index (κ3) is 4.22. The number of fused-ring (bicyclic) bond motifs is 1. The van der Waals surface area contributed by atoms with Crippen LogP contribution in [0.5, 0.6) is 0 Å². The average molecular weight is 381 g/mol. The Kier molecular flexibility index (Phi) is 6.27. The predicted molar refractivity (Wildman–Crippen MR) is 105 cm³/mol. The summed E-state index contributed by atoms with van der Waals surface area (Å²) in [5.41, 5.74) is 3.12. The smallest absolute Gasteiger partial charge is 0.238 e. The Labute approximate surface area is 162 Å². The van der Waals surface area contributed by atoms with Gasteiger partial charge in [0.2, 0.25) is 6.43 Å². The van der Waals surface area contributed by atoms with Crippen molar-refractivity contribution in [2.75, 3.05) is 0 Å². The third-order valence-electron chi connectivity index (χ3n) is 7.57. The normalized spacial score (nSPS) is 39.7. The van der Waals surface area contributed by atoms with Crippen LogP contribution in [0.25, 0.3) is 0 Å². The van der Waals surface area contributed by atoms with Crippen LogP contribution >= 0.6 is 0 Å². The van der Waals surface area contributed by atoms with Gasteiger partial charge < -0.3 is 10.2 Å². The number of allylic oxidation sites excluding steroid dienone is 3. The van der Waals surface area contributed by atoms with Gasteiger partial charge in [-0.3, -0.25) is 0 Å². The average Bonchev–Trinajstić information content (AvgIpc) is 2.94. The Morgan fingerprint density at radius 2 is 1.85 bits per heavy atom. The van der Waals surface area contributed by atoms with Crippen molar-refractivity contribution in [2.24, 2.45) is 23.2 Å². The molecule has 2 N–H and O–H groups in total. The van der Waals surface area contributed by atoms with Crippen molar-refractivity contribution in [3.63, 3.8) is 0 Å². The SMILES string of the molecule is C=C1[C@H](O)CC(=C/C=C2\CCC[C@@]3(C)C2CCC3C(C)CC(F)F)C[C@H]1O. The first-order valence-corrected chi connectivity index (χ1v) is 10.4. The number of aliphatic hydroxyl groups excluding tert-OH is 2. The molecule has 0 aliphatic heterocycles. The molecule has 27 heavy (non-hydrogen) atoms. The van der Waals surface area contributed by atoms with Crippen molar-refractivity contribution in [1.82, 2.24) is 0 Å². The van der Waals surface area contributed by atoms with Crippen LogP contribution in [0.15, 0.2) is 35.5 Å². The molecule has 0 saturated heterocycles. The lowest BCUT2D eigenvalue weighted by atomic mass is 9.61. The van der Waals surface area contributed by atoms with E-state index < -0.39 is 18.6 Å². The van der Waals surface area contributed by atoms with Crippen molar-refractivity contribution in [3.05, 3.63) is 35.5 Å². The summed E-state index contributed by atoms with van der Waals surface area (Å²) >= 11 is 0. The van der Waals surface area contributed by atoms with Crippen molar-refractivity contribution in [2.45, 2.75) is 83.8 Å². The lowest BCUT2D eigenvalue weighted by molar-refractivity contribution is 0.0522. The predicted octanol–water partition coefficient (Wildman–Crippen LogP) is 5.42. The maximum Gasteiger partial charge on any atom is 0.238 e. The van der Waals surface area contributed by atoms with E-state index in [1.807, 2.05) is 6.92 Å². The van der Waals surface area contributed by atoms with Crippen molar-refractivity contribution in [1.29, 1.82) is 0 Å². The molecule has 152 valence electrons. The highest BCUT2D eigenvalue weighted by molar-refractivity contribution is 5.29. The minimum atomic E-state index is -2.22. The quantitative estimate of drug-likeness (QED) is 0.640. The zero-order chi connectivity index (χ0) is 19.8. The van der Waals surface area contributed by atoms with Gasteiger partial charge in [-0.15, -0.1) is 0 Å². The summed E-state index contributed by atoms with van der Waals surface area (Å²) in [6.07, 6.45) is 7.25. The molecule has 3 aliphatic rings. The minimum absolute atomic E-state index is 0.00966. The van der Waals surface area contributed by atoms with Crippen LogP contribution < -0.4 is 0 Å². The Hall–Kier alpha value is -1.00. The Morgan fingerprint density at radius 1 is 1.19 bits per heavy atom. The molecule has 3 rings (SSSR count). The molecule has 0 spiro atoms. The summed E-state index contributed by atoms with van der Waals surface area (Å²) in [6, 6.07) is 0. The Bertz CT molecular complexity index is 608. The highest BCUT2D eigenvalue weighted by Crippen LogP contribution is 2.59. The largest absolute Gasteiger partial charge is 0.388 e. The first-order valence-electron chi connectivity index (χ1n) is 10.4. The second kappa shape index (κ2) is 8.16. The molecular formula is C23H34F2O2. The molecule has 0 aromatic rings. The van der Waals surface area contributed by atoms with Gasteiger partial charge >= 0.3 is 0 Å². The molecule has 0 heterocycles. The first-order chi connectivity index (χ1) is 12.7. The Balaban J connectivity index is 1.76. The standard InChI is InChI=1S/C23H34F2O2/c1-14(11-22(24)25)18-8-9-19-17(5-4-10-23(18,19)3)7-6-16-12-20(26)15(2)21(27)13-16/h6-7,14,18-22,26-27H,2,4-5,8-13H2,1,3H3/b17-7+/t14?,18?,19?,20-,21-,23-/m1/s1. The van der Waals surface area contributed by atoms with Crippen LogP contribution in [0.2, 0.25) is 0 Å². The number of hydrogen-bond donors (Lipinski definition) is 2. The van der Waals surface area contributed by atoms with E-state index in [-0.39, 0.29) is 17.8 Å². The highest BCUT2D eigenvalue weighted by atomic mass is 19.3. The summed E-state index contributed by atoms with van der Waals surface area (Å²) in [5.74, 6) is 0.906. The second-order valence-corrected chi connectivity index (χ2v) is 9.28. The molecule has 6 atom stereocenters. The molecule has 0 aromatic carbocycles. The van der Waals surface area contributed by atoms with E-state index in [9.17, 15) is 19.0 Å². The zero-order valence-corrected chi connectivity index (χ0v) is 16.6. The number of halogens is 2. The van der Waals surface area contributed by atoms with E-state index in [1.54, 1.807) is 0 Å². The monoisotopic (exact) mass is 380 g/mol. The fourth-order valence-electron chi connectivity index (χ4n) is 6.08. The molecular weight excluding hydrogens is 346 g/mol. The van der Waals surface area contributed by atoms with Gasteiger partial charge in [-0.05, 0) is 73.7 Å². The fourth-order valence-corrected chi connectivity index (χ4v) is 6.08. The van der Waals surface area contributed by atoms with Crippen molar-refractivity contribution in [3.8, 4) is 0 Å². The maximum absolute atomic E-state index is 12.9. The topological polar surface area (TPSA) is 40.5 Å². The van der Waals surface area contributed by atoms with E-state index in [0.717, 1.165) is 37.7 Å². The van der Waals surface area contributed by atoms with Crippen LogP contribution in [0.3, 0.4) is 0 Å². The summed E-state index contributed by atoms with van der Waals surface area (Å²) < 4.78 is 25.8. The van der Waals surface area contributed by atoms with E-state index in [1.165, 1.54) is 5.57 Å².